The first-order chi connectivity index (χ1) is 9.62. The van der Waals surface area contributed by atoms with Crippen LogP contribution in [0.15, 0.2) is 36.5 Å². The van der Waals surface area contributed by atoms with Crippen molar-refractivity contribution in [2.24, 2.45) is 0 Å². The molecule has 1 aromatic rings. The number of aromatic amines is 2. The monoisotopic (exact) mass is 380 g/mol. The van der Waals surface area contributed by atoms with Gasteiger partial charge in [0.05, 0.1) is 16.9 Å². The van der Waals surface area contributed by atoms with Crippen molar-refractivity contribution in [2.75, 3.05) is 12.5 Å². The number of hydrogen-bond donors (Lipinski definition) is 2. The van der Waals surface area contributed by atoms with Gasteiger partial charge in [-0.3, -0.25) is 9.78 Å². The highest BCUT2D eigenvalue weighted by atomic mass is 32.3. The first-order valence-corrected chi connectivity index (χ1v) is 11.0. The van der Waals surface area contributed by atoms with E-state index in [2.05, 4.69) is 22.5 Å². The molecule has 20 heavy (non-hydrogen) atoms. The van der Waals surface area contributed by atoms with Crippen LogP contribution in [0, 0.1) is 0 Å². The van der Waals surface area contributed by atoms with Gasteiger partial charge in [-0.1, -0.05) is 47.0 Å². The number of rotatable bonds is 2. The van der Waals surface area contributed by atoms with Crippen LogP contribution in [0.5, 0.6) is 0 Å². The van der Waals surface area contributed by atoms with Crippen LogP contribution in [-0.2, 0) is 0 Å². The van der Waals surface area contributed by atoms with Crippen molar-refractivity contribution in [3.63, 3.8) is 0 Å². The summed E-state index contributed by atoms with van der Waals surface area (Å²) in [6.07, 6.45) is 4.14. The molecular formula is C10H8N2O2S6. The predicted molar refractivity (Wildman–Crippen MR) is 95.7 cm³/mol. The molecule has 2 N–H and O–H groups in total. The standard InChI is InChI=1S/C10H8N2O2S6/c1-15-6-7(16-2)20-9(19-6)8-17-3-4(13)11-10(14)12-5(3)18-8/h1-2H3,(H2,11,12,13,14). The Balaban J connectivity index is 1.94. The molecule has 1 aromatic heterocycles. The Bertz CT molecular complexity index is 729. The van der Waals surface area contributed by atoms with Gasteiger partial charge in [0.1, 0.15) is 9.92 Å². The minimum atomic E-state index is -0.451. The summed E-state index contributed by atoms with van der Waals surface area (Å²) in [5.41, 5.74) is -0.763. The van der Waals surface area contributed by atoms with E-state index < -0.39 is 5.69 Å². The quantitative estimate of drug-likeness (QED) is 0.753. The van der Waals surface area contributed by atoms with Crippen LogP contribution in [-0.4, -0.2) is 22.5 Å². The van der Waals surface area contributed by atoms with Gasteiger partial charge in [-0.05, 0) is 12.5 Å². The SMILES string of the molecule is CSC1=C(SC)SC(=C2Sc3[nH]c(=O)[nH]c(=O)c3S2)S1. The van der Waals surface area contributed by atoms with Crippen LogP contribution in [0.25, 0.3) is 0 Å². The number of nitrogens with one attached hydrogen (secondary N) is 2. The molecule has 106 valence electrons. The number of aromatic nitrogens is 2. The van der Waals surface area contributed by atoms with Gasteiger partial charge in [-0.2, -0.15) is 0 Å². The molecule has 0 fully saturated rings. The maximum Gasteiger partial charge on any atom is 0.326 e. The minimum absolute atomic E-state index is 0.312. The first kappa shape index (κ1) is 15.2. The average Bonchev–Trinajstić information content (AvgIpc) is 3.01. The van der Waals surface area contributed by atoms with E-state index in [1.807, 2.05) is 0 Å². The molecule has 2 aliphatic rings. The summed E-state index contributed by atoms with van der Waals surface area (Å²) >= 11 is 9.86. The van der Waals surface area contributed by atoms with Crippen LogP contribution >= 0.6 is 70.6 Å². The molecule has 3 rings (SSSR count). The minimum Gasteiger partial charge on any atom is -0.301 e. The van der Waals surface area contributed by atoms with Crippen LogP contribution in [0.2, 0.25) is 0 Å². The highest BCUT2D eigenvalue weighted by Gasteiger charge is 2.30. The molecule has 0 aromatic carbocycles. The largest absolute Gasteiger partial charge is 0.326 e. The van der Waals surface area contributed by atoms with E-state index in [1.54, 1.807) is 47.0 Å². The third-order valence-electron chi connectivity index (χ3n) is 2.33. The zero-order chi connectivity index (χ0) is 14.3. The Morgan fingerprint density at radius 3 is 2.05 bits per heavy atom. The Kier molecular flexibility index (Phi) is 4.68. The van der Waals surface area contributed by atoms with Gasteiger partial charge in [-0.15, -0.1) is 23.5 Å². The van der Waals surface area contributed by atoms with Gasteiger partial charge < -0.3 is 4.98 Å². The molecule has 0 spiro atoms. The molecule has 10 heteroatoms. The molecular weight excluding hydrogens is 373 g/mol. The van der Waals surface area contributed by atoms with Gasteiger partial charge in [0.25, 0.3) is 5.56 Å². The highest BCUT2D eigenvalue weighted by molar-refractivity contribution is 8.41. The fourth-order valence-electron chi connectivity index (χ4n) is 1.51. The number of thioether (sulfide) groups is 6. The predicted octanol–water partition coefficient (Wildman–Crippen LogP) is 3.72. The molecule has 0 unspecified atom stereocenters. The van der Waals surface area contributed by atoms with Gasteiger partial charge in [0.15, 0.2) is 0 Å². The van der Waals surface area contributed by atoms with Gasteiger partial charge in [0, 0.05) is 0 Å². The third-order valence-corrected chi connectivity index (χ3v) is 10.6. The van der Waals surface area contributed by atoms with E-state index in [-0.39, 0.29) is 5.56 Å². The van der Waals surface area contributed by atoms with Crippen LogP contribution < -0.4 is 11.2 Å². The highest BCUT2D eigenvalue weighted by Crippen LogP contribution is 2.62. The number of H-pyrrole nitrogens is 2. The summed E-state index contributed by atoms with van der Waals surface area (Å²) in [4.78, 5) is 28.6. The first-order valence-electron chi connectivity index (χ1n) is 5.27. The second-order valence-electron chi connectivity index (χ2n) is 3.53. The fourth-order valence-corrected chi connectivity index (χ4v) is 9.24. The Morgan fingerprint density at radius 1 is 0.850 bits per heavy atom. The summed E-state index contributed by atoms with van der Waals surface area (Å²) in [6.45, 7) is 0. The van der Waals surface area contributed by atoms with Crippen LogP contribution in [0.1, 0.15) is 0 Å². The second kappa shape index (κ2) is 6.17. The number of fused-ring (bicyclic) bond motifs is 1. The summed E-state index contributed by atoms with van der Waals surface area (Å²) in [7, 11) is 0. The molecule has 2 aliphatic heterocycles. The van der Waals surface area contributed by atoms with E-state index in [0.29, 0.717) is 9.92 Å². The lowest BCUT2D eigenvalue weighted by Crippen LogP contribution is -2.23. The van der Waals surface area contributed by atoms with Crippen molar-refractivity contribution in [1.82, 2.24) is 9.97 Å². The topological polar surface area (TPSA) is 65.7 Å². The van der Waals surface area contributed by atoms with Crippen molar-refractivity contribution in [3.8, 4) is 0 Å². The second-order valence-corrected chi connectivity index (χ2v) is 10.3. The molecule has 0 radical (unpaired) electrons. The summed E-state index contributed by atoms with van der Waals surface area (Å²) in [5, 5.41) is 0.649. The smallest absolute Gasteiger partial charge is 0.301 e. The maximum atomic E-state index is 11.8. The zero-order valence-electron chi connectivity index (χ0n) is 10.3. The average molecular weight is 381 g/mol. The van der Waals surface area contributed by atoms with Crippen LogP contribution in [0.4, 0.5) is 0 Å². The molecule has 0 saturated carbocycles. The molecule has 0 amide bonds. The fraction of sp³-hybridized carbons (Fsp3) is 0.200. The molecule has 0 saturated heterocycles. The number of hydrogen-bond acceptors (Lipinski definition) is 8. The Labute approximate surface area is 140 Å². The van der Waals surface area contributed by atoms with Crippen molar-refractivity contribution in [1.29, 1.82) is 0 Å². The van der Waals surface area contributed by atoms with E-state index >= 15 is 0 Å². The molecule has 4 nitrogen and oxygen atoms in total. The van der Waals surface area contributed by atoms with Gasteiger partial charge in [0.2, 0.25) is 0 Å². The van der Waals surface area contributed by atoms with Crippen molar-refractivity contribution < 1.29 is 0 Å². The molecule has 3 heterocycles. The Morgan fingerprint density at radius 2 is 1.45 bits per heavy atom. The maximum absolute atomic E-state index is 11.8. The third kappa shape index (κ3) is 2.78. The summed E-state index contributed by atoms with van der Waals surface area (Å²) in [6, 6.07) is 0. The van der Waals surface area contributed by atoms with Gasteiger partial charge >= 0.3 is 5.69 Å². The molecule has 0 aliphatic carbocycles. The van der Waals surface area contributed by atoms with E-state index in [4.69, 9.17) is 0 Å². The summed E-state index contributed by atoms with van der Waals surface area (Å²) in [5.74, 6) is 0. The van der Waals surface area contributed by atoms with Crippen molar-refractivity contribution >= 4 is 70.6 Å². The molecule has 0 bridgehead atoms. The Hall–Kier alpha value is 0.260. The zero-order valence-corrected chi connectivity index (χ0v) is 15.2. The van der Waals surface area contributed by atoms with Crippen molar-refractivity contribution in [2.45, 2.75) is 9.92 Å². The van der Waals surface area contributed by atoms with E-state index in [0.717, 1.165) is 4.24 Å². The van der Waals surface area contributed by atoms with Crippen molar-refractivity contribution in [3.05, 3.63) is 37.8 Å². The normalized spacial score (nSPS) is 18.1. The summed E-state index contributed by atoms with van der Waals surface area (Å²) < 4.78 is 4.84. The molecule has 0 atom stereocenters. The lowest BCUT2D eigenvalue weighted by atomic mass is 10.6. The van der Waals surface area contributed by atoms with Crippen LogP contribution in [0.3, 0.4) is 0 Å². The van der Waals surface area contributed by atoms with E-state index in [9.17, 15) is 9.59 Å². The van der Waals surface area contributed by atoms with E-state index in [1.165, 1.54) is 36.2 Å². The lowest BCUT2D eigenvalue weighted by Gasteiger charge is -1.99. The lowest BCUT2D eigenvalue weighted by molar-refractivity contribution is 0.881. The van der Waals surface area contributed by atoms with Gasteiger partial charge in [-0.25, -0.2) is 4.79 Å².